The van der Waals surface area contributed by atoms with Crippen molar-refractivity contribution in [3.05, 3.63) is 82.0 Å². The molecule has 1 aromatic heterocycles. The summed E-state index contributed by atoms with van der Waals surface area (Å²) in [6, 6.07) is 18.0. The van der Waals surface area contributed by atoms with Gasteiger partial charge in [0.05, 0.1) is 12.5 Å². The van der Waals surface area contributed by atoms with Crippen LogP contribution in [0.3, 0.4) is 0 Å². The zero-order valence-corrected chi connectivity index (χ0v) is 19.5. The monoisotopic (exact) mass is 461 g/mol. The number of anilines is 2. The molecule has 2 N–H and O–H groups in total. The van der Waals surface area contributed by atoms with Crippen molar-refractivity contribution >= 4 is 40.4 Å². The van der Waals surface area contributed by atoms with E-state index >= 15 is 0 Å². The van der Waals surface area contributed by atoms with Gasteiger partial charge in [-0.2, -0.15) is 0 Å². The first-order valence-corrected chi connectivity index (χ1v) is 11.9. The highest BCUT2D eigenvalue weighted by Gasteiger charge is 2.36. The number of amides is 3. The number of thiophene rings is 1. The van der Waals surface area contributed by atoms with Crippen molar-refractivity contribution in [2.75, 3.05) is 10.2 Å². The molecule has 4 rings (SSSR count). The lowest BCUT2D eigenvalue weighted by Crippen LogP contribution is -2.51. The van der Waals surface area contributed by atoms with Crippen LogP contribution in [0.5, 0.6) is 0 Å². The van der Waals surface area contributed by atoms with Crippen LogP contribution in [0, 0.1) is 6.92 Å². The molecule has 0 radical (unpaired) electrons. The second-order valence-corrected chi connectivity index (χ2v) is 9.25. The zero-order valence-electron chi connectivity index (χ0n) is 18.7. The Morgan fingerprint density at radius 1 is 1.06 bits per heavy atom. The lowest BCUT2D eigenvalue weighted by atomic mass is 9.94. The van der Waals surface area contributed by atoms with E-state index in [0.29, 0.717) is 18.5 Å². The molecule has 170 valence electrons. The van der Waals surface area contributed by atoms with E-state index in [9.17, 15) is 14.4 Å². The zero-order chi connectivity index (χ0) is 23.4. The number of rotatable bonds is 6. The predicted octanol–water partition coefficient (Wildman–Crippen LogP) is 4.61. The predicted molar refractivity (Wildman–Crippen MR) is 131 cm³/mol. The van der Waals surface area contributed by atoms with E-state index in [1.807, 2.05) is 73.0 Å². The van der Waals surface area contributed by atoms with Crippen molar-refractivity contribution in [1.29, 1.82) is 0 Å². The number of nitrogens with zero attached hydrogens (tertiary/aromatic N) is 1. The quantitative estimate of drug-likeness (QED) is 0.563. The molecular weight excluding hydrogens is 434 g/mol. The normalized spacial score (nSPS) is 15.9. The highest BCUT2D eigenvalue weighted by Crippen LogP contribution is 2.33. The van der Waals surface area contributed by atoms with Gasteiger partial charge >= 0.3 is 0 Å². The summed E-state index contributed by atoms with van der Waals surface area (Å²) in [5, 5.41) is 7.78. The van der Waals surface area contributed by atoms with E-state index in [1.165, 1.54) is 18.3 Å². The first-order chi connectivity index (χ1) is 15.9. The molecule has 1 aliphatic rings. The molecule has 2 aromatic carbocycles. The maximum Gasteiger partial charge on any atom is 0.247 e. The standard InChI is InChI=1S/C26H27N3O3S/c1-17-9-12-20(13-10-17)28-26(32)23-14-11-19-6-3-4-7-22(19)29(23)25(31)16-21(27-18(2)30)24-8-5-15-33-24/h3-10,12-13,15,21,23H,11,14,16H2,1-2H3,(H,27,30)(H,28,32). The lowest BCUT2D eigenvalue weighted by Gasteiger charge is -2.37. The molecule has 33 heavy (non-hydrogen) atoms. The molecule has 0 spiro atoms. The van der Waals surface area contributed by atoms with Crippen molar-refractivity contribution < 1.29 is 14.4 Å². The molecule has 6 nitrogen and oxygen atoms in total. The van der Waals surface area contributed by atoms with E-state index in [-0.39, 0.29) is 24.1 Å². The van der Waals surface area contributed by atoms with Gasteiger partial charge in [0.15, 0.2) is 0 Å². The summed E-state index contributed by atoms with van der Waals surface area (Å²) in [5.74, 6) is -0.610. The summed E-state index contributed by atoms with van der Waals surface area (Å²) < 4.78 is 0. The third-order valence-corrected chi connectivity index (χ3v) is 6.77. The van der Waals surface area contributed by atoms with Crippen molar-refractivity contribution in [2.45, 2.75) is 45.2 Å². The van der Waals surface area contributed by atoms with E-state index in [1.54, 1.807) is 4.90 Å². The average molecular weight is 462 g/mol. The number of nitrogens with one attached hydrogen (secondary N) is 2. The fraction of sp³-hybridized carbons (Fsp3) is 0.269. The van der Waals surface area contributed by atoms with Gasteiger partial charge in [-0.15, -0.1) is 11.3 Å². The third-order valence-electron chi connectivity index (χ3n) is 5.78. The third kappa shape index (κ3) is 5.31. The molecule has 7 heteroatoms. The molecular formula is C26H27N3O3S. The van der Waals surface area contributed by atoms with Gasteiger partial charge in [0.25, 0.3) is 0 Å². The van der Waals surface area contributed by atoms with Gasteiger partial charge in [-0.1, -0.05) is 42.0 Å². The number of hydrogen-bond donors (Lipinski definition) is 2. The van der Waals surface area contributed by atoms with Gasteiger partial charge in [-0.3, -0.25) is 19.3 Å². The van der Waals surface area contributed by atoms with Crippen molar-refractivity contribution in [2.24, 2.45) is 0 Å². The molecule has 0 saturated heterocycles. The van der Waals surface area contributed by atoms with E-state index in [4.69, 9.17) is 0 Å². The van der Waals surface area contributed by atoms with Crippen molar-refractivity contribution in [3.8, 4) is 0 Å². The molecule has 2 unspecified atom stereocenters. The molecule has 0 fully saturated rings. The Morgan fingerprint density at radius 3 is 2.52 bits per heavy atom. The second-order valence-electron chi connectivity index (χ2n) is 8.27. The second kappa shape index (κ2) is 10.0. The Bertz CT molecular complexity index is 1140. The van der Waals surface area contributed by atoms with Crippen LogP contribution in [0.2, 0.25) is 0 Å². The fourth-order valence-electron chi connectivity index (χ4n) is 4.20. The molecule has 1 aliphatic heterocycles. The summed E-state index contributed by atoms with van der Waals surface area (Å²) >= 11 is 1.49. The van der Waals surface area contributed by atoms with E-state index in [2.05, 4.69) is 10.6 Å². The summed E-state index contributed by atoms with van der Waals surface area (Å²) in [4.78, 5) is 41.3. The Hall–Kier alpha value is -3.45. The SMILES string of the molecule is CC(=O)NC(CC(=O)N1c2ccccc2CCC1C(=O)Nc1ccc(C)cc1)c1cccs1. The maximum atomic E-state index is 13.7. The lowest BCUT2D eigenvalue weighted by molar-refractivity contribution is -0.125. The van der Waals surface area contributed by atoms with Crippen LogP contribution in [-0.4, -0.2) is 23.8 Å². The smallest absolute Gasteiger partial charge is 0.247 e. The minimum Gasteiger partial charge on any atom is -0.348 e. The average Bonchev–Trinajstić information content (AvgIpc) is 3.34. The van der Waals surface area contributed by atoms with Gasteiger partial charge in [-0.05, 0) is 55.0 Å². The molecule has 0 saturated carbocycles. The number of benzene rings is 2. The molecule has 2 atom stereocenters. The van der Waals surface area contributed by atoms with Crippen LogP contribution in [0.25, 0.3) is 0 Å². The van der Waals surface area contributed by atoms with Crippen LogP contribution in [0.1, 0.15) is 41.8 Å². The van der Waals surface area contributed by atoms with Crippen LogP contribution in [-0.2, 0) is 20.8 Å². The number of aryl methyl sites for hydroxylation is 2. The topological polar surface area (TPSA) is 78.5 Å². The molecule has 0 aliphatic carbocycles. The van der Waals surface area contributed by atoms with Crippen LogP contribution in [0.15, 0.2) is 66.0 Å². The Balaban J connectivity index is 1.61. The van der Waals surface area contributed by atoms with Crippen LogP contribution >= 0.6 is 11.3 Å². The van der Waals surface area contributed by atoms with Gasteiger partial charge < -0.3 is 10.6 Å². The summed E-state index contributed by atoms with van der Waals surface area (Å²) in [6.07, 6.45) is 1.32. The van der Waals surface area contributed by atoms with Crippen molar-refractivity contribution in [1.82, 2.24) is 5.32 Å². The Morgan fingerprint density at radius 2 is 1.82 bits per heavy atom. The summed E-state index contributed by atoms with van der Waals surface area (Å²) in [6.45, 7) is 3.43. The minimum absolute atomic E-state index is 0.0722. The van der Waals surface area contributed by atoms with Crippen LogP contribution in [0.4, 0.5) is 11.4 Å². The van der Waals surface area contributed by atoms with Gasteiger partial charge in [0, 0.05) is 23.2 Å². The number of carbonyl (C=O) groups is 3. The van der Waals surface area contributed by atoms with Crippen molar-refractivity contribution in [3.63, 3.8) is 0 Å². The molecule has 0 bridgehead atoms. The highest BCUT2D eigenvalue weighted by molar-refractivity contribution is 7.10. The summed E-state index contributed by atoms with van der Waals surface area (Å²) in [5.41, 5.74) is 3.60. The number of carbonyl (C=O) groups excluding carboxylic acids is 3. The van der Waals surface area contributed by atoms with E-state index < -0.39 is 12.1 Å². The highest BCUT2D eigenvalue weighted by atomic mass is 32.1. The van der Waals surface area contributed by atoms with Gasteiger partial charge in [-0.25, -0.2) is 0 Å². The maximum absolute atomic E-state index is 13.7. The van der Waals surface area contributed by atoms with Gasteiger partial charge in [0.1, 0.15) is 6.04 Å². The molecule has 3 aromatic rings. The first-order valence-electron chi connectivity index (χ1n) is 11.0. The van der Waals surface area contributed by atoms with Crippen LogP contribution < -0.4 is 15.5 Å². The fourth-order valence-corrected chi connectivity index (χ4v) is 4.97. The largest absolute Gasteiger partial charge is 0.348 e. The number of fused-ring (bicyclic) bond motifs is 1. The minimum atomic E-state index is -0.630. The molecule has 2 heterocycles. The Labute approximate surface area is 197 Å². The molecule has 3 amide bonds. The number of hydrogen-bond acceptors (Lipinski definition) is 4. The van der Waals surface area contributed by atoms with Gasteiger partial charge in [0.2, 0.25) is 17.7 Å². The number of para-hydroxylation sites is 1. The summed E-state index contributed by atoms with van der Waals surface area (Å²) in [7, 11) is 0. The van der Waals surface area contributed by atoms with E-state index in [0.717, 1.165) is 21.7 Å². The Kier molecular flexibility index (Phi) is 6.89. The first kappa shape index (κ1) is 22.7.